The second-order valence-electron chi connectivity index (χ2n) is 4.19. The number of carbonyl (C=O) groups is 1. The van der Waals surface area contributed by atoms with E-state index >= 15 is 0 Å². The van der Waals surface area contributed by atoms with Crippen molar-refractivity contribution in [3.05, 3.63) is 29.3 Å². The molecule has 0 aromatic heterocycles. The highest BCUT2D eigenvalue weighted by molar-refractivity contribution is 6.24. The van der Waals surface area contributed by atoms with E-state index in [9.17, 15) is 4.79 Å². The fourth-order valence-electron chi connectivity index (χ4n) is 1.84. The summed E-state index contributed by atoms with van der Waals surface area (Å²) in [5, 5.41) is 3.64. The van der Waals surface area contributed by atoms with E-state index in [0.29, 0.717) is 36.0 Å². The fourth-order valence-corrected chi connectivity index (χ4v) is 1.84. The van der Waals surface area contributed by atoms with Crippen LogP contribution in [0.2, 0.25) is 0 Å². The van der Waals surface area contributed by atoms with Crippen LogP contribution in [0.5, 0.6) is 11.5 Å². The van der Waals surface area contributed by atoms with E-state index in [2.05, 4.69) is 9.99 Å². The summed E-state index contributed by atoms with van der Waals surface area (Å²) >= 11 is 0. The highest BCUT2D eigenvalue weighted by atomic mass is 16.7. The van der Waals surface area contributed by atoms with E-state index in [4.69, 9.17) is 9.47 Å². The van der Waals surface area contributed by atoms with Gasteiger partial charge < -0.3 is 14.3 Å². The van der Waals surface area contributed by atoms with Crippen molar-refractivity contribution >= 4 is 17.8 Å². The summed E-state index contributed by atoms with van der Waals surface area (Å²) in [7, 11) is 0. The fraction of sp³-hybridized carbons (Fsp3) is 0.333. The summed E-state index contributed by atoms with van der Waals surface area (Å²) in [6, 6.07) is 5.52. The predicted octanol–water partition coefficient (Wildman–Crippen LogP) is 2.80. The highest BCUT2D eigenvalue weighted by Crippen LogP contribution is 2.29. The van der Waals surface area contributed by atoms with E-state index < -0.39 is 5.97 Å². The van der Waals surface area contributed by atoms with Crippen molar-refractivity contribution in [2.45, 2.75) is 20.8 Å². The average Bonchev–Trinajstić information content (AvgIpc) is 2.74. The van der Waals surface area contributed by atoms with Gasteiger partial charge in [0.1, 0.15) is 0 Å². The lowest BCUT2D eigenvalue weighted by Crippen LogP contribution is -2.02. The van der Waals surface area contributed by atoms with Crippen LogP contribution in [0.15, 0.2) is 28.9 Å². The van der Waals surface area contributed by atoms with Crippen molar-refractivity contribution in [2.24, 2.45) is 5.16 Å². The van der Waals surface area contributed by atoms with Crippen LogP contribution in [0.4, 0.5) is 0 Å². The molecule has 1 aliphatic rings. The smallest absolute Gasteiger partial charge is 0.367 e. The van der Waals surface area contributed by atoms with Gasteiger partial charge in [0.15, 0.2) is 11.5 Å². The van der Waals surface area contributed by atoms with Crippen LogP contribution in [-0.4, -0.2) is 24.9 Å². The summed E-state index contributed by atoms with van der Waals surface area (Å²) in [6.07, 6.45) is 1.73. The molecular formula is C15H17NO4. The Morgan fingerprint density at radius 2 is 1.90 bits per heavy atom. The topological polar surface area (TPSA) is 57.1 Å². The molecule has 2 rings (SSSR count). The molecule has 5 heteroatoms. The van der Waals surface area contributed by atoms with E-state index in [1.165, 1.54) is 0 Å². The number of carbonyl (C=O) groups excluding carboxylic acids is 1. The molecular weight excluding hydrogens is 258 g/mol. The van der Waals surface area contributed by atoms with Crippen LogP contribution in [0.25, 0.3) is 6.08 Å². The van der Waals surface area contributed by atoms with Gasteiger partial charge >= 0.3 is 5.97 Å². The molecule has 1 heterocycles. The Morgan fingerprint density at radius 1 is 1.20 bits per heavy atom. The molecule has 106 valence electrons. The van der Waals surface area contributed by atoms with Crippen LogP contribution in [0.3, 0.4) is 0 Å². The first-order valence-electron chi connectivity index (χ1n) is 6.53. The Labute approximate surface area is 117 Å². The minimum atomic E-state index is -0.436. The lowest BCUT2D eigenvalue weighted by Gasteiger charge is -2.11. The van der Waals surface area contributed by atoms with Crippen molar-refractivity contribution in [3.8, 4) is 11.5 Å². The summed E-state index contributed by atoms with van der Waals surface area (Å²) in [5.74, 6) is 0.912. The maximum Gasteiger partial charge on any atom is 0.367 e. The Hall–Kier alpha value is -2.30. The first kappa shape index (κ1) is 14.1. The molecule has 0 aliphatic carbocycles. The molecule has 0 unspecified atom stereocenters. The van der Waals surface area contributed by atoms with Gasteiger partial charge in [0, 0.05) is 0 Å². The van der Waals surface area contributed by atoms with Crippen LogP contribution in [0.1, 0.15) is 26.3 Å². The summed E-state index contributed by atoms with van der Waals surface area (Å²) in [4.78, 5) is 16.1. The molecule has 20 heavy (non-hydrogen) atoms. The third-order valence-corrected chi connectivity index (χ3v) is 2.75. The molecule has 0 radical (unpaired) electrons. The van der Waals surface area contributed by atoms with Crippen molar-refractivity contribution < 1.29 is 19.1 Å². The maximum absolute atomic E-state index is 11.5. The third-order valence-electron chi connectivity index (χ3n) is 2.75. The van der Waals surface area contributed by atoms with Gasteiger partial charge in [-0.25, -0.2) is 4.79 Å². The molecule has 1 aliphatic heterocycles. The van der Waals surface area contributed by atoms with Crippen LogP contribution in [0, 0.1) is 0 Å². The zero-order valence-corrected chi connectivity index (χ0v) is 11.8. The lowest BCUT2D eigenvalue weighted by atomic mass is 10.1. The van der Waals surface area contributed by atoms with E-state index in [1.54, 1.807) is 13.0 Å². The Kier molecular flexibility index (Phi) is 4.40. The first-order valence-corrected chi connectivity index (χ1v) is 6.53. The largest absolute Gasteiger partial charge is 0.490 e. The highest BCUT2D eigenvalue weighted by Gasteiger charge is 2.21. The zero-order chi connectivity index (χ0) is 14.5. The zero-order valence-electron chi connectivity index (χ0n) is 11.8. The number of benzene rings is 1. The molecule has 1 aromatic rings. The Balaban J connectivity index is 2.33. The molecule has 0 N–H and O–H groups in total. The lowest BCUT2D eigenvalue weighted by molar-refractivity contribution is -0.136. The van der Waals surface area contributed by atoms with Crippen molar-refractivity contribution in [2.75, 3.05) is 13.2 Å². The van der Waals surface area contributed by atoms with Gasteiger partial charge in [-0.2, -0.15) is 0 Å². The second kappa shape index (κ2) is 6.23. The molecule has 0 saturated carbocycles. The number of oxime groups is 1. The van der Waals surface area contributed by atoms with Crippen molar-refractivity contribution in [3.63, 3.8) is 0 Å². The van der Waals surface area contributed by atoms with Gasteiger partial charge in [0.25, 0.3) is 0 Å². The number of rotatable bonds is 5. The number of nitrogens with zero attached hydrogens (tertiary/aromatic N) is 1. The summed E-state index contributed by atoms with van der Waals surface area (Å²) in [5.41, 5.74) is 1.86. The summed E-state index contributed by atoms with van der Waals surface area (Å²) < 4.78 is 11.0. The molecule has 0 fully saturated rings. The Bertz CT molecular complexity index is 575. The molecule has 5 nitrogen and oxygen atoms in total. The number of hydrogen-bond acceptors (Lipinski definition) is 5. The van der Waals surface area contributed by atoms with E-state index in [0.717, 1.165) is 5.56 Å². The van der Waals surface area contributed by atoms with Crippen molar-refractivity contribution in [1.29, 1.82) is 0 Å². The minimum absolute atomic E-state index is 0.436. The van der Waals surface area contributed by atoms with Gasteiger partial charge in [0.05, 0.1) is 24.5 Å². The SMILES string of the molecule is CCOc1ccc(/C=C2\C(=O)ON=C2C)cc1OCC. The van der Waals surface area contributed by atoms with Gasteiger partial charge in [-0.3, -0.25) is 0 Å². The molecule has 0 atom stereocenters. The summed E-state index contributed by atoms with van der Waals surface area (Å²) in [6.45, 7) is 6.67. The first-order chi connectivity index (χ1) is 9.65. The van der Waals surface area contributed by atoms with Crippen LogP contribution >= 0.6 is 0 Å². The Morgan fingerprint density at radius 3 is 2.50 bits per heavy atom. The van der Waals surface area contributed by atoms with Gasteiger partial charge in [0.2, 0.25) is 0 Å². The molecule has 1 aromatic carbocycles. The number of ether oxygens (including phenoxy) is 2. The molecule has 0 saturated heterocycles. The van der Waals surface area contributed by atoms with Crippen molar-refractivity contribution in [1.82, 2.24) is 0 Å². The molecule has 0 amide bonds. The minimum Gasteiger partial charge on any atom is -0.490 e. The average molecular weight is 275 g/mol. The van der Waals surface area contributed by atoms with Crippen LogP contribution < -0.4 is 9.47 Å². The van der Waals surface area contributed by atoms with Gasteiger partial charge in [-0.1, -0.05) is 11.2 Å². The second-order valence-corrected chi connectivity index (χ2v) is 4.19. The standard InChI is InChI=1S/C15H17NO4/c1-4-18-13-7-6-11(9-14(13)19-5-2)8-12-10(3)16-20-15(12)17/h6-9H,4-5H2,1-3H3/b12-8-. The monoisotopic (exact) mass is 275 g/mol. The number of hydrogen-bond donors (Lipinski definition) is 0. The predicted molar refractivity (Wildman–Crippen MR) is 76.0 cm³/mol. The van der Waals surface area contributed by atoms with Crippen LogP contribution in [-0.2, 0) is 9.63 Å². The van der Waals surface area contributed by atoms with E-state index in [-0.39, 0.29) is 0 Å². The van der Waals surface area contributed by atoms with Gasteiger partial charge in [-0.15, -0.1) is 0 Å². The molecule has 0 spiro atoms. The quantitative estimate of drug-likeness (QED) is 0.612. The molecule has 0 bridgehead atoms. The van der Waals surface area contributed by atoms with E-state index in [1.807, 2.05) is 32.0 Å². The maximum atomic E-state index is 11.5. The third kappa shape index (κ3) is 2.99. The normalized spacial score (nSPS) is 16.1. The van der Waals surface area contributed by atoms with Gasteiger partial charge in [-0.05, 0) is 44.5 Å².